The maximum atomic E-state index is 11.1. The second-order valence-electron chi connectivity index (χ2n) is 3.23. The molecule has 1 aromatic rings. The third-order valence-corrected chi connectivity index (χ3v) is 2.14. The van der Waals surface area contributed by atoms with Crippen molar-refractivity contribution >= 4 is 5.82 Å². The molecule has 0 amide bonds. The molecule has 0 aromatic carbocycles. The number of hydrogen-bond acceptors (Lipinski definition) is 3. The Morgan fingerprint density at radius 1 is 1.75 bits per heavy atom. The summed E-state index contributed by atoms with van der Waals surface area (Å²) in [7, 11) is 0. The van der Waals surface area contributed by atoms with Crippen LogP contribution in [0.3, 0.4) is 0 Å². The molecule has 1 fully saturated rings. The van der Waals surface area contributed by atoms with Gasteiger partial charge >= 0.3 is 0 Å². The molecule has 2 unspecified atom stereocenters. The minimum atomic E-state index is -0.142. The molecule has 12 heavy (non-hydrogen) atoms. The van der Waals surface area contributed by atoms with Crippen molar-refractivity contribution in [3.05, 3.63) is 22.7 Å². The highest BCUT2D eigenvalue weighted by molar-refractivity contribution is 5.34. The third kappa shape index (κ3) is 1.32. The Morgan fingerprint density at radius 2 is 2.50 bits per heavy atom. The largest absolute Gasteiger partial charge is 0.362 e. The molecule has 1 aromatic heterocycles. The number of aromatic nitrogens is 2. The first kappa shape index (κ1) is 7.34. The van der Waals surface area contributed by atoms with Crippen LogP contribution in [0.1, 0.15) is 13.3 Å². The van der Waals surface area contributed by atoms with Crippen LogP contribution in [0.2, 0.25) is 0 Å². The molecular weight excluding hydrogens is 154 g/mol. The number of H-pyrrole nitrogens is 1. The molecule has 0 bridgehead atoms. The lowest BCUT2D eigenvalue weighted by Gasteiger charge is -2.00. The summed E-state index contributed by atoms with van der Waals surface area (Å²) in [5.74, 6) is 1.11. The monoisotopic (exact) mass is 165 g/mol. The molecule has 0 radical (unpaired) electrons. The van der Waals surface area contributed by atoms with Gasteiger partial charge in [0.15, 0.2) is 5.82 Å². The van der Waals surface area contributed by atoms with Gasteiger partial charge in [0.2, 0.25) is 0 Å². The van der Waals surface area contributed by atoms with Crippen LogP contribution in [0, 0.1) is 5.92 Å². The van der Waals surface area contributed by atoms with E-state index in [0.717, 1.165) is 6.42 Å². The van der Waals surface area contributed by atoms with E-state index in [2.05, 4.69) is 22.2 Å². The standard InChI is InChI=1S/C8H11N3O/c1-5-4-6(5)11-7-8(12)10-3-2-9-7/h2-3,5-6H,4H2,1H3,(H,9,11)(H,10,12). The number of rotatable bonds is 2. The summed E-state index contributed by atoms with van der Waals surface area (Å²) in [6.07, 6.45) is 4.25. The first-order valence-electron chi connectivity index (χ1n) is 4.07. The van der Waals surface area contributed by atoms with Crippen molar-refractivity contribution in [3.8, 4) is 0 Å². The molecule has 0 saturated heterocycles. The molecule has 0 aliphatic heterocycles. The molecule has 1 heterocycles. The molecular formula is C8H11N3O. The van der Waals surface area contributed by atoms with Crippen molar-refractivity contribution in [1.29, 1.82) is 0 Å². The van der Waals surface area contributed by atoms with Crippen LogP contribution in [-0.4, -0.2) is 16.0 Å². The summed E-state index contributed by atoms with van der Waals surface area (Å²) in [6, 6.07) is 0.445. The Morgan fingerprint density at radius 3 is 3.08 bits per heavy atom. The Kier molecular flexibility index (Phi) is 1.60. The van der Waals surface area contributed by atoms with Gasteiger partial charge in [0.1, 0.15) is 0 Å². The molecule has 2 N–H and O–H groups in total. The highest BCUT2D eigenvalue weighted by Crippen LogP contribution is 2.31. The van der Waals surface area contributed by atoms with Crippen molar-refractivity contribution in [3.63, 3.8) is 0 Å². The second kappa shape index (κ2) is 2.62. The van der Waals surface area contributed by atoms with Crippen LogP contribution in [0.15, 0.2) is 17.2 Å². The zero-order valence-corrected chi connectivity index (χ0v) is 6.87. The fourth-order valence-electron chi connectivity index (χ4n) is 1.15. The minimum absolute atomic E-state index is 0.142. The van der Waals surface area contributed by atoms with E-state index in [1.165, 1.54) is 6.20 Å². The summed E-state index contributed by atoms with van der Waals surface area (Å²) >= 11 is 0. The van der Waals surface area contributed by atoms with Gasteiger partial charge in [0, 0.05) is 18.4 Å². The van der Waals surface area contributed by atoms with Gasteiger partial charge in [-0.25, -0.2) is 4.98 Å². The van der Waals surface area contributed by atoms with E-state index in [-0.39, 0.29) is 5.56 Å². The average molecular weight is 165 g/mol. The predicted octanol–water partition coefficient (Wildman–Crippen LogP) is 0.590. The molecule has 1 saturated carbocycles. The second-order valence-corrected chi connectivity index (χ2v) is 3.23. The van der Waals surface area contributed by atoms with Gasteiger partial charge in [-0.3, -0.25) is 4.79 Å². The van der Waals surface area contributed by atoms with E-state index >= 15 is 0 Å². The van der Waals surface area contributed by atoms with Crippen LogP contribution in [-0.2, 0) is 0 Å². The zero-order valence-electron chi connectivity index (χ0n) is 6.87. The van der Waals surface area contributed by atoms with Gasteiger partial charge in [-0.15, -0.1) is 0 Å². The minimum Gasteiger partial charge on any atom is -0.362 e. The van der Waals surface area contributed by atoms with Gasteiger partial charge in [-0.1, -0.05) is 6.92 Å². The van der Waals surface area contributed by atoms with Gasteiger partial charge in [-0.2, -0.15) is 0 Å². The Bertz CT molecular complexity index is 333. The van der Waals surface area contributed by atoms with Gasteiger partial charge < -0.3 is 10.3 Å². The van der Waals surface area contributed by atoms with Gasteiger partial charge in [-0.05, 0) is 12.3 Å². The summed E-state index contributed by atoms with van der Waals surface area (Å²) in [6.45, 7) is 2.15. The zero-order chi connectivity index (χ0) is 8.55. The van der Waals surface area contributed by atoms with Crippen molar-refractivity contribution in [1.82, 2.24) is 9.97 Å². The summed E-state index contributed by atoms with van der Waals surface area (Å²) < 4.78 is 0. The van der Waals surface area contributed by atoms with Crippen molar-refractivity contribution in [2.24, 2.45) is 5.92 Å². The first-order chi connectivity index (χ1) is 5.77. The predicted molar refractivity (Wildman–Crippen MR) is 46.0 cm³/mol. The van der Waals surface area contributed by atoms with Crippen LogP contribution in [0.25, 0.3) is 0 Å². The average Bonchev–Trinajstić information content (AvgIpc) is 2.72. The quantitative estimate of drug-likeness (QED) is 0.674. The van der Waals surface area contributed by atoms with Crippen LogP contribution in [0.4, 0.5) is 5.82 Å². The highest BCUT2D eigenvalue weighted by atomic mass is 16.1. The van der Waals surface area contributed by atoms with Crippen molar-refractivity contribution < 1.29 is 0 Å². The number of nitrogens with zero attached hydrogens (tertiary/aromatic N) is 1. The lowest BCUT2D eigenvalue weighted by atomic mass is 10.5. The molecule has 1 aliphatic rings. The fraction of sp³-hybridized carbons (Fsp3) is 0.500. The summed E-state index contributed by atoms with van der Waals surface area (Å²) in [5.41, 5.74) is -0.142. The molecule has 4 heteroatoms. The lowest BCUT2D eigenvalue weighted by Crippen LogP contribution is -2.17. The molecule has 64 valence electrons. The number of aromatic amines is 1. The normalized spacial score (nSPS) is 26.8. The van der Waals surface area contributed by atoms with E-state index in [4.69, 9.17) is 0 Å². The third-order valence-electron chi connectivity index (χ3n) is 2.14. The molecule has 2 rings (SSSR count). The van der Waals surface area contributed by atoms with Crippen molar-refractivity contribution in [2.75, 3.05) is 5.32 Å². The maximum absolute atomic E-state index is 11.1. The first-order valence-corrected chi connectivity index (χ1v) is 4.07. The molecule has 0 spiro atoms. The topological polar surface area (TPSA) is 57.8 Å². The van der Waals surface area contributed by atoms with Crippen LogP contribution >= 0.6 is 0 Å². The lowest BCUT2D eigenvalue weighted by molar-refractivity contribution is 0.918. The smallest absolute Gasteiger partial charge is 0.290 e. The van der Waals surface area contributed by atoms with E-state index in [0.29, 0.717) is 17.8 Å². The molecule has 1 aliphatic carbocycles. The van der Waals surface area contributed by atoms with Crippen LogP contribution < -0.4 is 10.9 Å². The van der Waals surface area contributed by atoms with E-state index < -0.39 is 0 Å². The van der Waals surface area contributed by atoms with Crippen molar-refractivity contribution in [2.45, 2.75) is 19.4 Å². The van der Waals surface area contributed by atoms with E-state index in [9.17, 15) is 4.79 Å². The summed E-state index contributed by atoms with van der Waals surface area (Å²) in [4.78, 5) is 17.6. The van der Waals surface area contributed by atoms with Gasteiger partial charge in [0.05, 0.1) is 0 Å². The number of nitrogens with one attached hydrogen (secondary N) is 2. The SMILES string of the molecule is CC1CC1Nc1ncc[nH]c1=O. The number of hydrogen-bond donors (Lipinski definition) is 2. The van der Waals surface area contributed by atoms with E-state index in [1.54, 1.807) is 6.20 Å². The number of anilines is 1. The van der Waals surface area contributed by atoms with Gasteiger partial charge in [0.25, 0.3) is 5.56 Å². The molecule has 2 atom stereocenters. The fourth-order valence-corrected chi connectivity index (χ4v) is 1.15. The summed E-state index contributed by atoms with van der Waals surface area (Å²) in [5, 5.41) is 3.08. The Labute approximate surface area is 70.0 Å². The van der Waals surface area contributed by atoms with E-state index in [1.807, 2.05) is 0 Å². The highest BCUT2D eigenvalue weighted by Gasteiger charge is 2.33. The van der Waals surface area contributed by atoms with Crippen LogP contribution in [0.5, 0.6) is 0 Å². The molecule has 4 nitrogen and oxygen atoms in total. The Hall–Kier alpha value is -1.32. The maximum Gasteiger partial charge on any atom is 0.290 e. The Balaban J connectivity index is 2.13.